The summed E-state index contributed by atoms with van der Waals surface area (Å²) in [5.41, 5.74) is 2.77. The van der Waals surface area contributed by atoms with Gasteiger partial charge in [-0.2, -0.15) is 0 Å². The summed E-state index contributed by atoms with van der Waals surface area (Å²) in [6.45, 7) is 3.60. The number of amides is 1. The first kappa shape index (κ1) is 22.3. The Morgan fingerprint density at radius 3 is 2.42 bits per heavy atom. The third-order valence-electron chi connectivity index (χ3n) is 5.91. The summed E-state index contributed by atoms with van der Waals surface area (Å²) in [6.07, 6.45) is 0.836. The van der Waals surface area contributed by atoms with Gasteiger partial charge >= 0.3 is 0 Å². The van der Waals surface area contributed by atoms with Crippen LogP contribution in [-0.2, 0) is 16.0 Å². The Bertz CT molecular complexity index is 1260. The molecule has 1 N–H and O–H groups in total. The number of carbonyl (C=O) groups excluding carboxylic acids is 2. The Kier molecular flexibility index (Phi) is 6.01. The maximum absolute atomic E-state index is 13.8. The van der Waals surface area contributed by atoms with Crippen molar-refractivity contribution >= 4 is 23.1 Å². The van der Waals surface area contributed by atoms with E-state index in [-0.39, 0.29) is 16.9 Å². The van der Waals surface area contributed by atoms with E-state index >= 15 is 0 Å². The van der Waals surface area contributed by atoms with Gasteiger partial charge in [-0.15, -0.1) is 0 Å². The molecule has 1 aliphatic rings. The molecule has 1 aliphatic heterocycles. The SMILES string of the molecule is CCc1ccc(N2C(=O)C(=O)/C(=C(\O)c3ccc(F)c(C)c3)C2c2cccc(OC)c2)cc1. The second-order valence-corrected chi connectivity index (χ2v) is 7.93. The van der Waals surface area contributed by atoms with Crippen LogP contribution >= 0.6 is 0 Å². The standard InChI is InChI=1S/C27H24FNO4/c1-4-17-8-11-20(12-9-17)29-24(18-6-5-7-21(15-18)33-3)23(26(31)27(29)32)25(30)19-10-13-22(28)16(2)14-19/h5-15,24,30H,4H2,1-3H3/b25-23-. The predicted molar refractivity (Wildman–Crippen MR) is 125 cm³/mol. The third kappa shape index (κ3) is 4.00. The summed E-state index contributed by atoms with van der Waals surface area (Å²) in [6, 6.07) is 17.6. The van der Waals surface area contributed by atoms with Gasteiger partial charge in [0.1, 0.15) is 17.3 Å². The first-order valence-corrected chi connectivity index (χ1v) is 10.7. The number of aliphatic hydroxyl groups is 1. The van der Waals surface area contributed by atoms with Crippen LogP contribution in [-0.4, -0.2) is 23.9 Å². The number of rotatable bonds is 5. The summed E-state index contributed by atoms with van der Waals surface area (Å²) >= 11 is 0. The zero-order valence-electron chi connectivity index (χ0n) is 18.6. The second kappa shape index (κ2) is 8.90. The predicted octanol–water partition coefficient (Wildman–Crippen LogP) is 5.33. The van der Waals surface area contributed by atoms with Crippen LogP contribution in [0.2, 0.25) is 0 Å². The highest BCUT2D eigenvalue weighted by atomic mass is 19.1. The molecule has 0 saturated carbocycles. The molecule has 1 saturated heterocycles. The number of methoxy groups -OCH3 is 1. The molecule has 1 unspecified atom stereocenters. The van der Waals surface area contributed by atoms with Crippen molar-refractivity contribution < 1.29 is 23.8 Å². The van der Waals surface area contributed by atoms with Gasteiger partial charge in [0.05, 0.1) is 18.7 Å². The van der Waals surface area contributed by atoms with Crippen LogP contribution in [0.25, 0.3) is 5.76 Å². The highest BCUT2D eigenvalue weighted by Gasteiger charge is 2.47. The zero-order chi connectivity index (χ0) is 23.7. The fourth-order valence-electron chi connectivity index (χ4n) is 4.07. The van der Waals surface area contributed by atoms with Gasteiger partial charge in [0.15, 0.2) is 0 Å². The molecule has 6 heteroatoms. The molecule has 33 heavy (non-hydrogen) atoms. The van der Waals surface area contributed by atoms with Gasteiger partial charge in [-0.05, 0) is 72.5 Å². The Morgan fingerprint density at radius 2 is 1.79 bits per heavy atom. The van der Waals surface area contributed by atoms with E-state index in [4.69, 9.17) is 4.74 Å². The lowest BCUT2D eigenvalue weighted by molar-refractivity contribution is -0.132. The minimum Gasteiger partial charge on any atom is -0.507 e. The third-order valence-corrected chi connectivity index (χ3v) is 5.91. The van der Waals surface area contributed by atoms with E-state index < -0.39 is 23.5 Å². The fraction of sp³-hybridized carbons (Fsp3) is 0.185. The molecule has 168 valence electrons. The molecule has 3 aromatic rings. The second-order valence-electron chi connectivity index (χ2n) is 7.93. The smallest absolute Gasteiger partial charge is 0.300 e. The molecule has 0 aliphatic carbocycles. The number of hydrogen-bond donors (Lipinski definition) is 1. The molecular weight excluding hydrogens is 421 g/mol. The van der Waals surface area contributed by atoms with Crippen LogP contribution in [0.3, 0.4) is 0 Å². The highest BCUT2D eigenvalue weighted by molar-refractivity contribution is 6.51. The molecule has 5 nitrogen and oxygen atoms in total. The Morgan fingerprint density at radius 1 is 1.06 bits per heavy atom. The fourth-order valence-corrected chi connectivity index (χ4v) is 4.07. The van der Waals surface area contributed by atoms with Crippen LogP contribution in [0.5, 0.6) is 5.75 Å². The van der Waals surface area contributed by atoms with E-state index in [0.717, 1.165) is 12.0 Å². The molecule has 0 spiro atoms. The van der Waals surface area contributed by atoms with Crippen LogP contribution in [0.4, 0.5) is 10.1 Å². The van der Waals surface area contributed by atoms with Gasteiger partial charge < -0.3 is 9.84 Å². The van der Waals surface area contributed by atoms with Crippen LogP contribution in [0.1, 0.15) is 35.2 Å². The summed E-state index contributed by atoms with van der Waals surface area (Å²) in [7, 11) is 1.53. The van der Waals surface area contributed by atoms with Crippen molar-refractivity contribution in [1.82, 2.24) is 0 Å². The van der Waals surface area contributed by atoms with Crippen molar-refractivity contribution in [1.29, 1.82) is 0 Å². The van der Waals surface area contributed by atoms with Gasteiger partial charge in [0.2, 0.25) is 0 Å². The molecule has 0 bridgehead atoms. The van der Waals surface area contributed by atoms with Crippen LogP contribution in [0.15, 0.2) is 72.3 Å². The average molecular weight is 445 g/mol. The normalized spacial score (nSPS) is 17.5. The number of carbonyl (C=O) groups is 2. The van der Waals surface area contributed by atoms with Crippen molar-refractivity contribution in [2.24, 2.45) is 0 Å². The first-order valence-electron chi connectivity index (χ1n) is 10.7. The summed E-state index contributed by atoms with van der Waals surface area (Å²) in [5.74, 6) is -1.77. The number of ether oxygens (including phenoxy) is 1. The number of benzene rings is 3. The molecule has 1 heterocycles. The van der Waals surface area contributed by atoms with Crippen molar-refractivity contribution in [3.63, 3.8) is 0 Å². The maximum Gasteiger partial charge on any atom is 0.300 e. The van der Waals surface area contributed by atoms with Crippen molar-refractivity contribution in [2.75, 3.05) is 12.0 Å². The average Bonchev–Trinajstić information content (AvgIpc) is 3.11. The molecular formula is C27H24FNO4. The molecule has 0 radical (unpaired) electrons. The number of hydrogen-bond acceptors (Lipinski definition) is 4. The first-order chi connectivity index (χ1) is 15.8. The number of anilines is 1. The highest BCUT2D eigenvalue weighted by Crippen LogP contribution is 2.43. The molecule has 1 atom stereocenters. The Hall–Kier alpha value is -3.93. The number of aliphatic hydroxyl groups excluding tert-OH is 1. The van der Waals surface area contributed by atoms with E-state index in [1.807, 2.05) is 19.1 Å². The Balaban J connectivity index is 1.94. The van der Waals surface area contributed by atoms with Crippen molar-refractivity contribution in [2.45, 2.75) is 26.3 Å². The topological polar surface area (TPSA) is 66.8 Å². The number of Topliss-reactive ketones (excluding diaryl/α,β-unsaturated/α-hetero) is 1. The lowest BCUT2D eigenvalue weighted by atomic mass is 9.94. The summed E-state index contributed by atoms with van der Waals surface area (Å²) < 4.78 is 19.1. The minimum atomic E-state index is -0.877. The minimum absolute atomic E-state index is 0.0566. The monoisotopic (exact) mass is 445 g/mol. The summed E-state index contributed by atoms with van der Waals surface area (Å²) in [5, 5.41) is 11.2. The van der Waals surface area contributed by atoms with E-state index in [1.165, 1.54) is 30.2 Å². The maximum atomic E-state index is 13.8. The molecule has 4 rings (SSSR count). The van der Waals surface area contributed by atoms with Gasteiger partial charge in [-0.25, -0.2) is 4.39 Å². The quantitative estimate of drug-likeness (QED) is 0.327. The lowest BCUT2D eigenvalue weighted by Gasteiger charge is -2.26. The van der Waals surface area contributed by atoms with Gasteiger partial charge in [-0.3, -0.25) is 14.5 Å². The Labute approximate surface area is 191 Å². The zero-order valence-corrected chi connectivity index (χ0v) is 18.6. The van der Waals surface area contributed by atoms with E-state index in [1.54, 1.807) is 43.3 Å². The molecule has 3 aromatic carbocycles. The van der Waals surface area contributed by atoms with E-state index in [9.17, 15) is 19.1 Å². The van der Waals surface area contributed by atoms with Gasteiger partial charge in [0.25, 0.3) is 11.7 Å². The van der Waals surface area contributed by atoms with Crippen LogP contribution < -0.4 is 9.64 Å². The lowest BCUT2D eigenvalue weighted by Crippen LogP contribution is -2.29. The molecule has 1 fully saturated rings. The van der Waals surface area contributed by atoms with Gasteiger partial charge in [-0.1, -0.05) is 31.2 Å². The van der Waals surface area contributed by atoms with E-state index in [2.05, 4.69) is 0 Å². The number of nitrogens with zero attached hydrogens (tertiary/aromatic N) is 1. The molecule has 0 aromatic heterocycles. The van der Waals surface area contributed by atoms with Gasteiger partial charge in [0, 0.05) is 11.3 Å². The number of ketones is 1. The van der Waals surface area contributed by atoms with Crippen molar-refractivity contribution in [3.05, 3.63) is 100 Å². The summed E-state index contributed by atoms with van der Waals surface area (Å²) in [4.78, 5) is 27.8. The largest absolute Gasteiger partial charge is 0.507 e. The van der Waals surface area contributed by atoms with Crippen molar-refractivity contribution in [3.8, 4) is 5.75 Å². The van der Waals surface area contributed by atoms with E-state index in [0.29, 0.717) is 22.6 Å². The van der Waals surface area contributed by atoms with Crippen LogP contribution in [0, 0.1) is 12.7 Å². The molecule has 1 amide bonds. The number of halogens is 1. The number of aryl methyl sites for hydroxylation is 2.